The molecule has 1 aliphatic rings. The van der Waals surface area contributed by atoms with E-state index in [4.69, 9.17) is 5.11 Å². The van der Waals surface area contributed by atoms with E-state index in [2.05, 4.69) is 6.58 Å². The fourth-order valence-electron chi connectivity index (χ4n) is 2.36. The summed E-state index contributed by atoms with van der Waals surface area (Å²) >= 11 is 0. The molecule has 1 rings (SSSR count). The maximum absolute atomic E-state index is 11.8. The third-order valence-electron chi connectivity index (χ3n) is 3.27. The summed E-state index contributed by atoms with van der Waals surface area (Å²) in [7, 11) is 0. The third kappa shape index (κ3) is 5.02. The predicted molar refractivity (Wildman–Crippen MR) is 65.6 cm³/mol. The van der Waals surface area contributed by atoms with E-state index in [0.29, 0.717) is 18.9 Å². The fourth-order valence-corrected chi connectivity index (χ4v) is 2.36. The van der Waals surface area contributed by atoms with Gasteiger partial charge in [0.05, 0.1) is 0 Å². The van der Waals surface area contributed by atoms with Crippen molar-refractivity contribution in [2.45, 2.75) is 38.5 Å². The minimum atomic E-state index is -0.971. The zero-order chi connectivity index (χ0) is 12.7. The van der Waals surface area contributed by atoms with E-state index in [-0.39, 0.29) is 12.5 Å². The number of carboxylic acid groups (broad SMARTS) is 1. The number of hydrogen-bond acceptors (Lipinski definition) is 2. The van der Waals surface area contributed by atoms with Gasteiger partial charge in [0.2, 0.25) is 5.91 Å². The summed E-state index contributed by atoms with van der Waals surface area (Å²) in [4.78, 5) is 23.8. The van der Waals surface area contributed by atoms with E-state index >= 15 is 0 Å². The van der Waals surface area contributed by atoms with E-state index in [1.165, 1.54) is 30.6 Å². The molecule has 4 heteroatoms. The summed E-state index contributed by atoms with van der Waals surface area (Å²) in [5.74, 6) is -0.380. The largest absolute Gasteiger partial charge is 0.480 e. The number of carbonyl (C=O) groups excluding carboxylic acids is 1. The molecule has 96 valence electrons. The van der Waals surface area contributed by atoms with Gasteiger partial charge in [-0.25, -0.2) is 0 Å². The van der Waals surface area contributed by atoms with Crippen LogP contribution >= 0.6 is 0 Å². The molecule has 17 heavy (non-hydrogen) atoms. The van der Waals surface area contributed by atoms with Gasteiger partial charge in [0.1, 0.15) is 6.54 Å². The summed E-state index contributed by atoms with van der Waals surface area (Å²) in [6.45, 7) is 3.63. The lowest BCUT2D eigenvalue weighted by Gasteiger charge is -2.19. The molecule has 1 saturated carbocycles. The lowest BCUT2D eigenvalue weighted by molar-refractivity contribution is -0.144. The zero-order valence-corrected chi connectivity index (χ0v) is 10.2. The summed E-state index contributed by atoms with van der Waals surface area (Å²) < 4.78 is 0. The first-order valence-corrected chi connectivity index (χ1v) is 6.24. The highest BCUT2D eigenvalue weighted by Crippen LogP contribution is 2.28. The maximum atomic E-state index is 11.8. The predicted octanol–water partition coefficient (Wildman–Crippen LogP) is 2.06. The molecule has 0 aromatic carbocycles. The van der Waals surface area contributed by atoms with Crippen LogP contribution < -0.4 is 0 Å². The fraction of sp³-hybridized carbons (Fsp3) is 0.692. The molecule has 0 heterocycles. The molecule has 1 fully saturated rings. The molecule has 1 N–H and O–H groups in total. The van der Waals surface area contributed by atoms with Crippen molar-refractivity contribution in [3.63, 3.8) is 0 Å². The minimum Gasteiger partial charge on any atom is -0.480 e. The smallest absolute Gasteiger partial charge is 0.323 e. The summed E-state index contributed by atoms with van der Waals surface area (Å²) in [6.07, 6.45) is 7.89. The Balaban J connectivity index is 2.35. The average Bonchev–Trinajstić information content (AvgIpc) is 2.77. The molecule has 0 unspecified atom stereocenters. The van der Waals surface area contributed by atoms with Crippen LogP contribution in [-0.4, -0.2) is 35.0 Å². The third-order valence-corrected chi connectivity index (χ3v) is 3.27. The van der Waals surface area contributed by atoms with Crippen molar-refractivity contribution in [1.82, 2.24) is 4.90 Å². The van der Waals surface area contributed by atoms with E-state index in [1.54, 1.807) is 6.08 Å². The second-order valence-corrected chi connectivity index (χ2v) is 4.65. The van der Waals surface area contributed by atoms with Crippen molar-refractivity contribution in [2.75, 3.05) is 13.1 Å². The van der Waals surface area contributed by atoms with Crippen LogP contribution in [0.4, 0.5) is 0 Å². The lowest BCUT2D eigenvalue weighted by atomic mass is 10.0. The number of rotatable bonds is 7. The zero-order valence-electron chi connectivity index (χ0n) is 10.2. The van der Waals surface area contributed by atoms with Crippen LogP contribution in [0, 0.1) is 5.92 Å². The van der Waals surface area contributed by atoms with Crippen LogP contribution in [0.5, 0.6) is 0 Å². The Morgan fingerprint density at radius 3 is 2.53 bits per heavy atom. The normalized spacial score (nSPS) is 15.8. The van der Waals surface area contributed by atoms with Crippen molar-refractivity contribution >= 4 is 11.9 Å². The monoisotopic (exact) mass is 239 g/mol. The molecule has 0 atom stereocenters. The lowest BCUT2D eigenvalue weighted by Crippen LogP contribution is -2.35. The highest BCUT2D eigenvalue weighted by molar-refractivity contribution is 5.81. The van der Waals surface area contributed by atoms with Gasteiger partial charge in [-0.2, -0.15) is 0 Å². The number of carboxylic acids is 1. The van der Waals surface area contributed by atoms with Crippen LogP contribution in [0.25, 0.3) is 0 Å². The molecular weight excluding hydrogens is 218 g/mol. The van der Waals surface area contributed by atoms with Crippen molar-refractivity contribution in [3.8, 4) is 0 Å². The molecule has 1 aliphatic carbocycles. The highest BCUT2D eigenvalue weighted by Gasteiger charge is 2.19. The Kier molecular flexibility index (Phi) is 5.73. The second kappa shape index (κ2) is 7.09. The molecule has 1 amide bonds. The van der Waals surface area contributed by atoms with Gasteiger partial charge in [0.25, 0.3) is 0 Å². The van der Waals surface area contributed by atoms with Gasteiger partial charge in [0, 0.05) is 13.0 Å². The van der Waals surface area contributed by atoms with Crippen LogP contribution in [-0.2, 0) is 9.59 Å². The van der Waals surface area contributed by atoms with E-state index < -0.39 is 5.97 Å². The maximum Gasteiger partial charge on any atom is 0.323 e. The van der Waals surface area contributed by atoms with Crippen molar-refractivity contribution in [3.05, 3.63) is 12.7 Å². The molecule has 0 saturated heterocycles. The average molecular weight is 239 g/mol. The van der Waals surface area contributed by atoms with Gasteiger partial charge >= 0.3 is 5.97 Å². The number of aliphatic carboxylic acids is 1. The van der Waals surface area contributed by atoms with Crippen LogP contribution in [0.1, 0.15) is 38.5 Å². The first-order chi connectivity index (χ1) is 8.13. The van der Waals surface area contributed by atoms with Crippen LogP contribution in [0.15, 0.2) is 12.7 Å². The molecule has 0 spiro atoms. The van der Waals surface area contributed by atoms with E-state index in [9.17, 15) is 9.59 Å². The Hall–Kier alpha value is -1.32. The SMILES string of the molecule is C=CCN(CC(=O)O)C(=O)CCC1CCCC1. The summed E-state index contributed by atoms with van der Waals surface area (Å²) in [5, 5.41) is 8.71. The van der Waals surface area contributed by atoms with Gasteiger partial charge in [-0.05, 0) is 12.3 Å². The van der Waals surface area contributed by atoms with Gasteiger partial charge in [0.15, 0.2) is 0 Å². The Morgan fingerprint density at radius 2 is 2.00 bits per heavy atom. The molecule has 0 aromatic rings. The highest BCUT2D eigenvalue weighted by atomic mass is 16.4. The quantitative estimate of drug-likeness (QED) is 0.692. The second-order valence-electron chi connectivity index (χ2n) is 4.65. The minimum absolute atomic E-state index is 0.0702. The summed E-state index contributed by atoms with van der Waals surface area (Å²) in [5.41, 5.74) is 0. The van der Waals surface area contributed by atoms with Gasteiger partial charge in [-0.15, -0.1) is 6.58 Å². The van der Waals surface area contributed by atoms with Gasteiger partial charge < -0.3 is 10.0 Å². The van der Waals surface area contributed by atoms with Crippen LogP contribution in [0.2, 0.25) is 0 Å². The standard InChI is InChI=1S/C13H21NO3/c1-2-9-14(10-13(16)17)12(15)8-7-11-5-3-4-6-11/h2,11H,1,3-10H2,(H,16,17). The van der Waals surface area contributed by atoms with E-state index in [0.717, 1.165) is 6.42 Å². The topological polar surface area (TPSA) is 57.6 Å². The Bertz CT molecular complexity index is 282. The first kappa shape index (κ1) is 13.7. The van der Waals surface area contributed by atoms with Gasteiger partial charge in [-0.1, -0.05) is 31.8 Å². The molecule has 0 aliphatic heterocycles. The number of hydrogen-bond donors (Lipinski definition) is 1. The summed E-state index contributed by atoms with van der Waals surface area (Å²) in [6, 6.07) is 0. The number of amides is 1. The molecular formula is C13H21NO3. The molecule has 0 aromatic heterocycles. The molecule has 4 nitrogen and oxygen atoms in total. The van der Waals surface area contributed by atoms with Crippen LogP contribution in [0.3, 0.4) is 0 Å². The molecule has 0 radical (unpaired) electrons. The molecule has 0 bridgehead atoms. The van der Waals surface area contributed by atoms with Crippen molar-refractivity contribution < 1.29 is 14.7 Å². The number of nitrogens with zero attached hydrogens (tertiary/aromatic N) is 1. The van der Waals surface area contributed by atoms with Crippen molar-refractivity contribution in [2.24, 2.45) is 5.92 Å². The Labute approximate surface area is 102 Å². The van der Waals surface area contributed by atoms with Crippen molar-refractivity contribution in [1.29, 1.82) is 0 Å². The Morgan fingerprint density at radius 1 is 1.35 bits per heavy atom. The van der Waals surface area contributed by atoms with Gasteiger partial charge in [-0.3, -0.25) is 9.59 Å². The van der Waals surface area contributed by atoms with E-state index in [1.807, 2.05) is 0 Å². The number of carbonyl (C=O) groups is 2. The first-order valence-electron chi connectivity index (χ1n) is 6.24.